The van der Waals surface area contributed by atoms with Crippen LogP contribution in [0.5, 0.6) is 0 Å². The van der Waals surface area contributed by atoms with E-state index < -0.39 is 11.7 Å². The number of nitrogen functional groups attached to an aromatic ring is 1. The second-order valence-electron chi connectivity index (χ2n) is 4.04. The summed E-state index contributed by atoms with van der Waals surface area (Å²) in [6, 6.07) is 8.43. The number of nitrogens with zero attached hydrogens (tertiary/aromatic N) is 1. The summed E-state index contributed by atoms with van der Waals surface area (Å²) >= 11 is 0. The topological polar surface area (TPSA) is 50.9 Å². The number of aryl methyl sites for hydroxylation is 1. The number of rotatable bonds is 2. The molecular formula is C13H12F3N3. The number of benzene rings is 1. The minimum absolute atomic E-state index is 0.00956. The van der Waals surface area contributed by atoms with Gasteiger partial charge in [-0.3, -0.25) is 0 Å². The Hall–Kier alpha value is -2.24. The van der Waals surface area contributed by atoms with Crippen molar-refractivity contribution < 1.29 is 13.2 Å². The first-order valence-corrected chi connectivity index (χ1v) is 5.54. The van der Waals surface area contributed by atoms with E-state index in [-0.39, 0.29) is 5.69 Å². The maximum Gasteiger partial charge on any atom is 0.418 e. The van der Waals surface area contributed by atoms with Gasteiger partial charge in [-0.05, 0) is 31.2 Å². The second-order valence-corrected chi connectivity index (χ2v) is 4.04. The predicted octanol–water partition coefficient (Wildman–Crippen LogP) is 3.73. The molecule has 2 rings (SSSR count). The second kappa shape index (κ2) is 4.79. The summed E-state index contributed by atoms with van der Waals surface area (Å²) < 4.78 is 38.5. The van der Waals surface area contributed by atoms with E-state index in [0.29, 0.717) is 17.2 Å². The fourth-order valence-electron chi connectivity index (χ4n) is 1.70. The van der Waals surface area contributed by atoms with Crippen LogP contribution < -0.4 is 11.1 Å². The van der Waals surface area contributed by atoms with Crippen molar-refractivity contribution in [1.29, 1.82) is 0 Å². The third-order valence-electron chi connectivity index (χ3n) is 2.61. The van der Waals surface area contributed by atoms with Crippen molar-refractivity contribution in [3.8, 4) is 0 Å². The molecule has 0 saturated heterocycles. The van der Waals surface area contributed by atoms with Crippen LogP contribution in [0, 0.1) is 6.92 Å². The molecule has 0 radical (unpaired) electrons. The predicted molar refractivity (Wildman–Crippen MR) is 68.1 cm³/mol. The van der Waals surface area contributed by atoms with E-state index in [1.165, 1.54) is 24.3 Å². The average molecular weight is 267 g/mol. The first-order chi connectivity index (χ1) is 8.88. The maximum absolute atomic E-state index is 12.8. The van der Waals surface area contributed by atoms with Gasteiger partial charge in [-0.2, -0.15) is 13.2 Å². The van der Waals surface area contributed by atoms with Crippen LogP contribution in [0.25, 0.3) is 0 Å². The van der Waals surface area contributed by atoms with Crippen molar-refractivity contribution in [2.45, 2.75) is 13.1 Å². The first kappa shape index (κ1) is 13.2. The van der Waals surface area contributed by atoms with Gasteiger partial charge < -0.3 is 11.1 Å². The number of anilines is 3. The summed E-state index contributed by atoms with van der Waals surface area (Å²) in [5, 5.41) is 2.74. The molecule has 0 aliphatic carbocycles. The molecule has 1 heterocycles. The highest BCUT2D eigenvalue weighted by atomic mass is 19.4. The molecule has 0 amide bonds. The number of aromatic nitrogens is 1. The Bertz CT molecular complexity index is 594. The Morgan fingerprint density at radius 2 is 1.74 bits per heavy atom. The van der Waals surface area contributed by atoms with Crippen molar-refractivity contribution in [2.24, 2.45) is 0 Å². The highest BCUT2D eigenvalue weighted by Crippen LogP contribution is 2.36. The Balaban J connectivity index is 2.39. The van der Waals surface area contributed by atoms with Gasteiger partial charge in [-0.1, -0.05) is 12.1 Å². The van der Waals surface area contributed by atoms with Crippen LogP contribution in [0.15, 0.2) is 36.4 Å². The van der Waals surface area contributed by atoms with E-state index in [4.69, 9.17) is 5.73 Å². The summed E-state index contributed by atoms with van der Waals surface area (Å²) in [5.41, 5.74) is 5.81. The lowest BCUT2D eigenvalue weighted by Gasteiger charge is -2.15. The molecule has 0 bridgehead atoms. The van der Waals surface area contributed by atoms with Crippen molar-refractivity contribution >= 4 is 17.2 Å². The molecule has 3 N–H and O–H groups in total. The molecule has 6 heteroatoms. The van der Waals surface area contributed by atoms with Crippen molar-refractivity contribution in [3.05, 3.63) is 47.7 Å². The molecule has 1 aromatic heterocycles. The number of hydrogen-bond acceptors (Lipinski definition) is 3. The smallest absolute Gasteiger partial charge is 0.384 e. The van der Waals surface area contributed by atoms with Crippen LogP contribution in [0.1, 0.15) is 11.3 Å². The fourth-order valence-corrected chi connectivity index (χ4v) is 1.70. The minimum Gasteiger partial charge on any atom is -0.384 e. The lowest BCUT2D eigenvalue weighted by molar-refractivity contribution is -0.136. The van der Waals surface area contributed by atoms with Gasteiger partial charge in [0, 0.05) is 0 Å². The molecule has 0 atom stereocenters. The van der Waals surface area contributed by atoms with E-state index in [2.05, 4.69) is 10.3 Å². The summed E-state index contributed by atoms with van der Waals surface area (Å²) in [5.74, 6) is 0.326. The quantitative estimate of drug-likeness (QED) is 0.871. The molecule has 100 valence electrons. The largest absolute Gasteiger partial charge is 0.418 e. The highest BCUT2D eigenvalue weighted by Gasteiger charge is 2.33. The van der Waals surface area contributed by atoms with Crippen LogP contribution in [-0.4, -0.2) is 4.98 Å². The third-order valence-corrected chi connectivity index (χ3v) is 2.61. The van der Waals surface area contributed by atoms with Crippen LogP contribution in [-0.2, 0) is 6.18 Å². The van der Waals surface area contributed by atoms with Gasteiger partial charge in [0.1, 0.15) is 5.82 Å². The van der Waals surface area contributed by atoms with Gasteiger partial charge in [-0.25, -0.2) is 4.98 Å². The number of halogens is 3. The normalized spacial score (nSPS) is 11.4. The average Bonchev–Trinajstić information content (AvgIpc) is 2.32. The fraction of sp³-hybridized carbons (Fsp3) is 0.154. The minimum atomic E-state index is -4.40. The Morgan fingerprint density at radius 3 is 2.37 bits per heavy atom. The summed E-state index contributed by atoms with van der Waals surface area (Å²) in [6.07, 6.45) is -4.40. The lowest BCUT2D eigenvalue weighted by Crippen LogP contribution is -2.09. The van der Waals surface area contributed by atoms with Crippen LogP contribution in [0.2, 0.25) is 0 Å². The van der Waals surface area contributed by atoms with E-state index in [9.17, 15) is 13.2 Å². The molecular weight excluding hydrogens is 255 g/mol. The zero-order valence-electron chi connectivity index (χ0n) is 10.1. The molecule has 3 nitrogen and oxygen atoms in total. The van der Waals surface area contributed by atoms with Gasteiger partial charge in [0.05, 0.1) is 22.6 Å². The molecule has 1 aromatic carbocycles. The van der Waals surface area contributed by atoms with Crippen LogP contribution in [0.3, 0.4) is 0 Å². The van der Waals surface area contributed by atoms with Gasteiger partial charge >= 0.3 is 6.18 Å². The van der Waals surface area contributed by atoms with E-state index in [0.717, 1.165) is 6.07 Å². The van der Waals surface area contributed by atoms with Crippen molar-refractivity contribution in [1.82, 2.24) is 4.98 Å². The number of para-hydroxylation sites is 1. The summed E-state index contributed by atoms with van der Waals surface area (Å²) in [4.78, 5) is 4.00. The molecule has 0 aliphatic heterocycles. The van der Waals surface area contributed by atoms with Gasteiger partial charge in [0.25, 0.3) is 0 Å². The Morgan fingerprint density at radius 1 is 1.05 bits per heavy atom. The van der Waals surface area contributed by atoms with Crippen LogP contribution in [0.4, 0.5) is 30.4 Å². The SMILES string of the molecule is Cc1nc(N)ccc1Nc1ccccc1C(F)(F)F. The highest BCUT2D eigenvalue weighted by molar-refractivity contribution is 5.66. The standard InChI is InChI=1S/C13H12F3N3/c1-8-10(6-7-12(17)18-8)19-11-5-3-2-4-9(11)13(14,15)16/h2-7,19H,1H3,(H2,17,18). The molecule has 0 aliphatic rings. The monoisotopic (exact) mass is 267 g/mol. The number of alkyl halides is 3. The van der Waals surface area contributed by atoms with Crippen molar-refractivity contribution in [3.63, 3.8) is 0 Å². The summed E-state index contributed by atoms with van der Waals surface area (Å²) in [6.45, 7) is 1.68. The maximum atomic E-state index is 12.8. The third kappa shape index (κ3) is 2.96. The first-order valence-electron chi connectivity index (χ1n) is 5.54. The molecule has 0 fully saturated rings. The molecule has 0 unspecified atom stereocenters. The summed E-state index contributed by atoms with van der Waals surface area (Å²) in [7, 11) is 0. The molecule has 0 spiro atoms. The lowest BCUT2D eigenvalue weighted by atomic mass is 10.1. The van der Waals surface area contributed by atoms with E-state index >= 15 is 0 Å². The van der Waals surface area contributed by atoms with E-state index in [1.807, 2.05) is 0 Å². The number of pyridine rings is 1. The van der Waals surface area contributed by atoms with Gasteiger partial charge in [0.15, 0.2) is 0 Å². The number of nitrogens with one attached hydrogen (secondary N) is 1. The van der Waals surface area contributed by atoms with Crippen molar-refractivity contribution in [2.75, 3.05) is 11.1 Å². The Kier molecular flexibility index (Phi) is 3.33. The van der Waals surface area contributed by atoms with Gasteiger partial charge in [-0.15, -0.1) is 0 Å². The zero-order valence-corrected chi connectivity index (χ0v) is 10.1. The zero-order chi connectivity index (χ0) is 14.0. The molecule has 0 saturated carbocycles. The number of nitrogens with two attached hydrogens (primary N) is 1. The molecule has 19 heavy (non-hydrogen) atoms. The number of hydrogen-bond donors (Lipinski definition) is 2. The van der Waals surface area contributed by atoms with Crippen LogP contribution >= 0.6 is 0 Å². The molecule has 2 aromatic rings. The Labute approximate surface area is 108 Å². The van der Waals surface area contributed by atoms with E-state index in [1.54, 1.807) is 13.0 Å². The van der Waals surface area contributed by atoms with Gasteiger partial charge in [0.2, 0.25) is 0 Å².